The Balaban J connectivity index is 1.89. The summed E-state index contributed by atoms with van der Waals surface area (Å²) in [5, 5.41) is 5.34. The number of alkyl halides is 3. The summed E-state index contributed by atoms with van der Waals surface area (Å²) < 4.78 is 39.7. The first-order valence-corrected chi connectivity index (χ1v) is 8.98. The summed E-state index contributed by atoms with van der Waals surface area (Å²) in [7, 11) is 0. The number of rotatable bonds is 3. The minimum absolute atomic E-state index is 0.0986. The fraction of sp³-hybridized carbons (Fsp3) is 0.158. The second kappa shape index (κ2) is 6.83. The summed E-state index contributed by atoms with van der Waals surface area (Å²) in [6.07, 6.45) is -4.49. The number of hydrogen-bond acceptors (Lipinski definition) is 2. The van der Waals surface area contributed by atoms with E-state index in [0.717, 1.165) is 4.90 Å². The van der Waals surface area contributed by atoms with Crippen molar-refractivity contribution in [2.45, 2.75) is 12.8 Å². The zero-order valence-corrected chi connectivity index (χ0v) is 15.7. The standard InChI is InChI=1S/C19H12Cl2F3N3O/c20-12-7-5-11(6-8-12)15-16(13-3-1-2-4-14(13)21)25-27-10-26(9-19(22,23)24)18(28)17(15)27/h1-8H,9-10H2. The lowest BCUT2D eigenvalue weighted by atomic mass is 9.98. The molecule has 1 aromatic heterocycles. The van der Waals surface area contributed by atoms with Gasteiger partial charge in [0.15, 0.2) is 0 Å². The Hall–Kier alpha value is -2.51. The maximum absolute atomic E-state index is 12.8. The zero-order chi connectivity index (χ0) is 20.1. The van der Waals surface area contributed by atoms with Gasteiger partial charge in [-0.15, -0.1) is 0 Å². The summed E-state index contributed by atoms with van der Waals surface area (Å²) in [5.74, 6) is -0.729. The Morgan fingerprint density at radius 2 is 1.71 bits per heavy atom. The Morgan fingerprint density at radius 1 is 1.04 bits per heavy atom. The van der Waals surface area contributed by atoms with Crippen molar-refractivity contribution in [3.63, 3.8) is 0 Å². The van der Waals surface area contributed by atoms with Crippen molar-refractivity contribution in [2.75, 3.05) is 6.54 Å². The minimum atomic E-state index is -4.49. The van der Waals surface area contributed by atoms with Crippen LogP contribution in [-0.2, 0) is 6.67 Å². The highest BCUT2D eigenvalue weighted by Gasteiger charge is 2.40. The van der Waals surface area contributed by atoms with Gasteiger partial charge in [-0.25, -0.2) is 4.68 Å². The molecule has 0 unspecified atom stereocenters. The van der Waals surface area contributed by atoms with E-state index < -0.39 is 18.6 Å². The van der Waals surface area contributed by atoms with E-state index in [1.165, 1.54) is 4.68 Å². The number of carbonyl (C=O) groups is 1. The lowest BCUT2D eigenvalue weighted by molar-refractivity contribution is -0.142. The molecule has 144 valence electrons. The van der Waals surface area contributed by atoms with Crippen molar-refractivity contribution in [1.29, 1.82) is 0 Å². The normalized spacial score (nSPS) is 13.9. The topological polar surface area (TPSA) is 38.1 Å². The van der Waals surface area contributed by atoms with Crippen molar-refractivity contribution in [3.05, 3.63) is 64.3 Å². The molecule has 0 saturated heterocycles. The molecule has 2 heterocycles. The Labute approximate surface area is 168 Å². The van der Waals surface area contributed by atoms with E-state index in [-0.39, 0.29) is 12.4 Å². The molecule has 4 nitrogen and oxygen atoms in total. The quantitative estimate of drug-likeness (QED) is 0.555. The number of hydrogen-bond donors (Lipinski definition) is 0. The third-order valence-corrected chi connectivity index (χ3v) is 4.96. The Bertz CT molecular complexity index is 1060. The summed E-state index contributed by atoms with van der Waals surface area (Å²) in [6, 6.07) is 13.6. The molecule has 0 atom stereocenters. The van der Waals surface area contributed by atoms with Crippen LogP contribution in [0.1, 0.15) is 10.5 Å². The lowest BCUT2D eigenvalue weighted by Crippen LogP contribution is -2.35. The molecular formula is C19H12Cl2F3N3O. The third kappa shape index (κ3) is 3.36. The van der Waals surface area contributed by atoms with Crippen LogP contribution in [0.3, 0.4) is 0 Å². The number of amides is 1. The van der Waals surface area contributed by atoms with Gasteiger partial charge in [-0.05, 0) is 23.8 Å². The molecule has 0 fully saturated rings. The summed E-state index contributed by atoms with van der Waals surface area (Å²) in [5.41, 5.74) is 2.16. The molecule has 1 amide bonds. The average Bonchev–Trinajstić information content (AvgIpc) is 3.12. The van der Waals surface area contributed by atoms with Crippen LogP contribution in [0.15, 0.2) is 48.5 Å². The first kappa shape index (κ1) is 18.8. The fourth-order valence-corrected chi connectivity index (χ4v) is 3.58. The predicted molar refractivity (Wildman–Crippen MR) is 100 cm³/mol. The van der Waals surface area contributed by atoms with Crippen molar-refractivity contribution in [3.8, 4) is 22.4 Å². The molecule has 1 aliphatic heterocycles. The van der Waals surface area contributed by atoms with Crippen LogP contribution in [0.4, 0.5) is 13.2 Å². The zero-order valence-electron chi connectivity index (χ0n) is 14.2. The van der Waals surface area contributed by atoms with E-state index >= 15 is 0 Å². The van der Waals surface area contributed by atoms with Gasteiger partial charge in [-0.3, -0.25) is 4.79 Å². The Kier molecular flexibility index (Phi) is 4.59. The number of carbonyl (C=O) groups excluding carboxylic acids is 1. The van der Waals surface area contributed by atoms with E-state index in [9.17, 15) is 18.0 Å². The highest BCUT2D eigenvalue weighted by molar-refractivity contribution is 6.33. The van der Waals surface area contributed by atoms with Gasteiger partial charge in [-0.2, -0.15) is 18.3 Å². The van der Waals surface area contributed by atoms with Gasteiger partial charge in [0, 0.05) is 16.1 Å². The fourth-order valence-electron chi connectivity index (χ4n) is 3.23. The maximum atomic E-state index is 12.8. The van der Waals surface area contributed by atoms with Crippen LogP contribution in [0.25, 0.3) is 22.4 Å². The molecule has 3 aromatic rings. The van der Waals surface area contributed by atoms with Crippen LogP contribution in [0.2, 0.25) is 10.0 Å². The van der Waals surface area contributed by atoms with Gasteiger partial charge in [0.05, 0.1) is 5.02 Å². The highest BCUT2D eigenvalue weighted by Crippen LogP contribution is 2.40. The SMILES string of the molecule is O=C1c2c(-c3ccc(Cl)cc3)c(-c3ccccc3Cl)nn2CN1CC(F)(F)F. The molecule has 0 spiro atoms. The van der Waals surface area contributed by atoms with Crippen LogP contribution in [0, 0.1) is 0 Å². The van der Waals surface area contributed by atoms with E-state index in [1.807, 2.05) is 0 Å². The predicted octanol–water partition coefficient (Wildman–Crippen LogP) is 5.50. The highest BCUT2D eigenvalue weighted by atomic mass is 35.5. The molecule has 0 bridgehead atoms. The van der Waals surface area contributed by atoms with Crippen molar-refractivity contribution < 1.29 is 18.0 Å². The average molecular weight is 426 g/mol. The van der Waals surface area contributed by atoms with Gasteiger partial charge >= 0.3 is 6.18 Å². The molecule has 2 aromatic carbocycles. The van der Waals surface area contributed by atoms with Crippen LogP contribution >= 0.6 is 23.2 Å². The van der Waals surface area contributed by atoms with E-state index in [4.69, 9.17) is 23.2 Å². The molecule has 0 N–H and O–H groups in total. The van der Waals surface area contributed by atoms with Crippen LogP contribution in [-0.4, -0.2) is 33.3 Å². The first-order valence-electron chi connectivity index (χ1n) is 8.22. The van der Waals surface area contributed by atoms with Crippen LogP contribution in [0.5, 0.6) is 0 Å². The number of fused-ring (bicyclic) bond motifs is 1. The molecular weight excluding hydrogens is 414 g/mol. The van der Waals surface area contributed by atoms with Gasteiger partial charge in [-0.1, -0.05) is 53.5 Å². The number of nitrogens with zero attached hydrogens (tertiary/aromatic N) is 3. The number of halogens is 5. The van der Waals surface area contributed by atoms with Gasteiger partial charge in [0.25, 0.3) is 5.91 Å². The largest absolute Gasteiger partial charge is 0.406 e. The van der Waals surface area contributed by atoms with Gasteiger partial charge < -0.3 is 4.90 Å². The smallest absolute Gasteiger partial charge is 0.309 e. The van der Waals surface area contributed by atoms with Crippen molar-refractivity contribution >= 4 is 29.1 Å². The summed E-state index contributed by atoms with van der Waals surface area (Å²) >= 11 is 12.3. The molecule has 28 heavy (non-hydrogen) atoms. The number of benzene rings is 2. The van der Waals surface area contributed by atoms with Crippen molar-refractivity contribution in [2.24, 2.45) is 0 Å². The summed E-state index contributed by atoms with van der Waals surface area (Å²) in [4.78, 5) is 13.5. The first-order chi connectivity index (χ1) is 13.2. The van der Waals surface area contributed by atoms with Crippen molar-refractivity contribution in [1.82, 2.24) is 14.7 Å². The summed E-state index contributed by atoms with van der Waals surface area (Å²) in [6.45, 7) is -1.62. The second-order valence-electron chi connectivity index (χ2n) is 6.32. The van der Waals surface area contributed by atoms with E-state index in [0.29, 0.717) is 32.4 Å². The molecule has 0 saturated carbocycles. The maximum Gasteiger partial charge on any atom is 0.406 e. The van der Waals surface area contributed by atoms with Crippen LogP contribution < -0.4 is 0 Å². The molecule has 1 aliphatic rings. The molecule has 4 rings (SSSR count). The van der Waals surface area contributed by atoms with E-state index in [2.05, 4.69) is 5.10 Å². The van der Waals surface area contributed by atoms with E-state index in [1.54, 1.807) is 48.5 Å². The molecule has 0 radical (unpaired) electrons. The monoisotopic (exact) mass is 425 g/mol. The minimum Gasteiger partial charge on any atom is -0.309 e. The lowest BCUT2D eigenvalue weighted by Gasteiger charge is -2.17. The molecule has 9 heteroatoms. The second-order valence-corrected chi connectivity index (χ2v) is 7.16. The Morgan fingerprint density at radius 3 is 2.36 bits per heavy atom. The number of aromatic nitrogens is 2. The van der Waals surface area contributed by atoms with Gasteiger partial charge in [0.2, 0.25) is 0 Å². The molecule has 0 aliphatic carbocycles. The third-order valence-electron chi connectivity index (χ3n) is 4.38. The van der Waals surface area contributed by atoms with Gasteiger partial charge in [0.1, 0.15) is 24.6 Å².